The highest BCUT2D eigenvalue weighted by Crippen LogP contribution is 2.25. The lowest BCUT2D eigenvalue weighted by Gasteiger charge is -2.06. The normalized spacial score (nSPS) is 15.4. The fourth-order valence-electron chi connectivity index (χ4n) is 2.08. The van der Waals surface area contributed by atoms with Crippen molar-refractivity contribution in [2.45, 2.75) is 0 Å². The summed E-state index contributed by atoms with van der Waals surface area (Å²) in [6, 6.07) is 10.3. The van der Waals surface area contributed by atoms with Gasteiger partial charge in [-0.2, -0.15) is 0 Å². The first-order valence-corrected chi connectivity index (χ1v) is 5.43. The molecule has 1 aliphatic rings. The monoisotopic (exact) mass is 228 g/mol. The van der Waals surface area contributed by atoms with Crippen LogP contribution >= 0.6 is 0 Å². The average Bonchev–Trinajstić information content (AvgIpc) is 2.75. The second-order valence-electron chi connectivity index (χ2n) is 4.05. The Morgan fingerprint density at radius 2 is 1.88 bits per heavy atom. The standard InChI is InChI=1S/C13H10BFO2/c15-12-4-3-9-7-11(2-1-10(9)8-12)13-5-6-17-14(13)16/h1-5,7-8,16H,6H2. The molecule has 0 aromatic heterocycles. The van der Waals surface area contributed by atoms with Gasteiger partial charge in [-0.3, -0.25) is 0 Å². The topological polar surface area (TPSA) is 29.5 Å². The minimum atomic E-state index is -0.854. The maximum absolute atomic E-state index is 13.0. The summed E-state index contributed by atoms with van der Waals surface area (Å²) in [6.07, 6.45) is 1.86. The van der Waals surface area contributed by atoms with Gasteiger partial charge in [0.2, 0.25) is 0 Å². The molecular formula is C13H10BFO2. The van der Waals surface area contributed by atoms with E-state index in [1.807, 2.05) is 24.3 Å². The van der Waals surface area contributed by atoms with E-state index in [4.69, 9.17) is 4.65 Å². The Morgan fingerprint density at radius 3 is 2.65 bits per heavy atom. The van der Waals surface area contributed by atoms with Crippen LogP contribution < -0.4 is 0 Å². The Labute approximate surface area is 98.5 Å². The van der Waals surface area contributed by atoms with Crippen LogP contribution in [0.5, 0.6) is 0 Å². The van der Waals surface area contributed by atoms with Gasteiger partial charge < -0.3 is 9.68 Å². The summed E-state index contributed by atoms with van der Waals surface area (Å²) in [5, 5.41) is 11.4. The van der Waals surface area contributed by atoms with Gasteiger partial charge in [-0.25, -0.2) is 4.39 Å². The maximum atomic E-state index is 13.0. The highest BCUT2D eigenvalue weighted by atomic mass is 19.1. The molecule has 0 saturated heterocycles. The SMILES string of the molecule is OB1OCC=C1c1ccc2cc(F)ccc2c1. The molecule has 0 radical (unpaired) electrons. The molecule has 0 bridgehead atoms. The molecule has 0 atom stereocenters. The molecule has 2 nitrogen and oxygen atoms in total. The van der Waals surface area contributed by atoms with Crippen molar-refractivity contribution < 1.29 is 14.1 Å². The van der Waals surface area contributed by atoms with Crippen LogP contribution in [0, 0.1) is 5.82 Å². The molecule has 1 heterocycles. The summed E-state index contributed by atoms with van der Waals surface area (Å²) in [4.78, 5) is 0. The van der Waals surface area contributed by atoms with Gasteiger partial charge in [-0.1, -0.05) is 24.3 Å². The van der Waals surface area contributed by atoms with E-state index in [1.165, 1.54) is 12.1 Å². The summed E-state index contributed by atoms with van der Waals surface area (Å²) >= 11 is 0. The van der Waals surface area contributed by atoms with Crippen LogP contribution in [-0.4, -0.2) is 18.7 Å². The van der Waals surface area contributed by atoms with E-state index < -0.39 is 7.12 Å². The summed E-state index contributed by atoms with van der Waals surface area (Å²) < 4.78 is 18.1. The molecule has 0 unspecified atom stereocenters. The molecule has 4 heteroatoms. The van der Waals surface area contributed by atoms with Crippen LogP contribution in [0.3, 0.4) is 0 Å². The average molecular weight is 228 g/mol. The molecular weight excluding hydrogens is 218 g/mol. The van der Waals surface area contributed by atoms with Gasteiger partial charge in [0.1, 0.15) is 5.82 Å². The number of hydrogen-bond acceptors (Lipinski definition) is 2. The van der Waals surface area contributed by atoms with Crippen LogP contribution in [0.1, 0.15) is 5.56 Å². The van der Waals surface area contributed by atoms with Crippen molar-refractivity contribution in [3.8, 4) is 0 Å². The summed E-state index contributed by atoms with van der Waals surface area (Å²) in [7, 11) is -0.854. The van der Waals surface area contributed by atoms with Crippen LogP contribution in [0.25, 0.3) is 16.2 Å². The second-order valence-corrected chi connectivity index (χ2v) is 4.05. The van der Waals surface area contributed by atoms with Crippen molar-refractivity contribution in [3.63, 3.8) is 0 Å². The van der Waals surface area contributed by atoms with Crippen molar-refractivity contribution in [3.05, 3.63) is 53.9 Å². The Bertz CT molecular complexity index is 609. The Hall–Kier alpha value is -1.65. The molecule has 1 aliphatic heterocycles. The van der Waals surface area contributed by atoms with Gasteiger partial charge >= 0.3 is 7.12 Å². The van der Waals surface area contributed by atoms with Gasteiger partial charge in [0.25, 0.3) is 0 Å². The van der Waals surface area contributed by atoms with E-state index in [1.54, 1.807) is 6.07 Å². The third-order valence-electron chi connectivity index (χ3n) is 2.96. The number of hydrogen-bond donors (Lipinski definition) is 1. The first-order chi connectivity index (χ1) is 8.24. The molecule has 84 valence electrons. The summed E-state index contributed by atoms with van der Waals surface area (Å²) in [6.45, 7) is 0.429. The lowest BCUT2D eigenvalue weighted by molar-refractivity contribution is 0.316. The van der Waals surface area contributed by atoms with Crippen molar-refractivity contribution in [2.24, 2.45) is 0 Å². The molecule has 1 N–H and O–H groups in total. The molecule has 0 fully saturated rings. The van der Waals surface area contributed by atoms with Crippen LogP contribution in [0.2, 0.25) is 0 Å². The van der Waals surface area contributed by atoms with Crippen LogP contribution in [-0.2, 0) is 4.65 Å². The van der Waals surface area contributed by atoms with Gasteiger partial charge in [0, 0.05) is 0 Å². The zero-order valence-corrected chi connectivity index (χ0v) is 9.06. The number of fused-ring (bicyclic) bond motifs is 1. The van der Waals surface area contributed by atoms with E-state index in [0.29, 0.717) is 6.61 Å². The smallest absolute Gasteiger partial charge is 0.423 e. The Morgan fingerprint density at radius 1 is 1.12 bits per heavy atom. The highest BCUT2D eigenvalue weighted by Gasteiger charge is 2.25. The van der Waals surface area contributed by atoms with E-state index >= 15 is 0 Å². The predicted octanol–water partition coefficient (Wildman–Crippen LogP) is 2.41. The van der Waals surface area contributed by atoms with E-state index in [9.17, 15) is 9.41 Å². The van der Waals surface area contributed by atoms with Gasteiger partial charge in [0.05, 0.1) is 6.61 Å². The van der Waals surface area contributed by atoms with Crippen molar-refractivity contribution >= 4 is 23.4 Å². The number of rotatable bonds is 1. The Kier molecular flexibility index (Phi) is 2.46. The zero-order valence-electron chi connectivity index (χ0n) is 9.06. The molecule has 0 saturated carbocycles. The third-order valence-corrected chi connectivity index (χ3v) is 2.96. The van der Waals surface area contributed by atoms with Crippen molar-refractivity contribution in [1.82, 2.24) is 0 Å². The molecule has 2 aromatic rings. The predicted molar refractivity (Wildman–Crippen MR) is 65.8 cm³/mol. The molecule has 2 aromatic carbocycles. The lowest BCUT2D eigenvalue weighted by Crippen LogP contribution is -2.14. The molecule has 17 heavy (non-hydrogen) atoms. The third kappa shape index (κ3) is 1.86. The van der Waals surface area contributed by atoms with Gasteiger partial charge in [-0.15, -0.1) is 0 Å². The highest BCUT2D eigenvalue weighted by molar-refractivity contribution is 6.68. The van der Waals surface area contributed by atoms with Crippen LogP contribution in [0.4, 0.5) is 4.39 Å². The van der Waals surface area contributed by atoms with Gasteiger partial charge in [0.15, 0.2) is 0 Å². The zero-order chi connectivity index (χ0) is 11.8. The fraction of sp³-hybridized carbons (Fsp3) is 0.0769. The fourth-order valence-corrected chi connectivity index (χ4v) is 2.08. The van der Waals surface area contributed by atoms with E-state index in [-0.39, 0.29) is 5.82 Å². The summed E-state index contributed by atoms with van der Waals surface area (Å²) in [5.74, 6) is -0.242. The largest absolute Gasteiger partial charge is 0.491 e. The van der Waals surface area contributed by atoms with E-state index in [0.717, 1.165) is 21.8 Å². The molecule has 0 aliphatic carbocycles. The first-order valence-electron chi connectivity index (χ1n) is 5.43. The number of benzene rings is 2. The number of halogens is 1. The Balaban J connectivity index is 2.11. The van der Waals surface area contributed by atoms with Gasteiger partial charge in [-0.05, 0) is 40.0 Å². The maximum Gasteiger partial charge on any atom is 0.491 e. The molecule has 0 amide bonds. The van der Waals surface area contributed by atoms with Crippen LogP contribution in [0.15, 0.2) is 42.5 Å². The molecule has 0 spiro atoms. The lowest BCUT2D eigenvalue weighted by atomic mass is 9.76. The summed E-state index contributed by atoms with van der Waals surface area (Å²) in [5.41, 5.74) is 1.69. The quantitative estimate of drug-likeness (QED) is 0.759. The first kappa shape index (κ1) is 10.5. The minimum Gasteiger partial charge on any atom is -0.423 e. The van der Waals surface area contributed by atoms with E-state index in [2.05, 4.69) is 0 Å². The minimum absolute atomic E-state index is 0.242. The second kappa shape index (κ2) is 3.98. The van der Waals surface area contributed by atoms with Crippen molar-refractivity contribution in [2.75, 3.05) is 6.61 Å². The molecule has 3 rings (SSSR count). The van der Waals surface area contributed by atoms with Crippen molar-refractivity contribution in [1.29, 1.82) is 0 Å².